The fraction of sp³-hybridized carbons (Fsp3) is 1.00. The van der Waals surface area contributed by atoms with Gasteiger partial charge in [0.05, 0.1) is 12.2 Å². The normalized spacial score (nSPS) is 19.1. The zero-order valence-electron chi connectivity index (χ0n) is 23.2. The van der Waals surface area contributed by atoms with E-state index in [2.05, 4.69) is 75.4 Å². The van der Waals surface area contributed by atoms with Gasteiger partial charge in [-0.2, -0.15) is 0 Å². The van der Waals surface area contributed by atoms with Crippen LogP contribution in [0.25, 0.3) is 0 Å². The molecule has 0 rings (SSSR count). The molecule has 31 heavy (non-hydrogen) atoms. The average molecular weight is 477 g/mol. The Kier molecular flexibility index (Phi) is 12.2. The van der Waals surface area contributed by atoms with Crippen molar-refractivity contribution in [3.63, 3.8) is 0 Å². The predicted molar refractivity (Wildman–Crippen MR) is 140 cm³/mol. The van der Waals surface area contributed by atoms with E-state index in [1.807, 2.05) is 20.8 Å². The second kappa shape index (κ2) is 12.1. The van der Waals surface area contributed by atoms with E-state index in [9.17, 15) is 10.2 Å². The van der Waals surface area contributed by atoms with E-state index in [-0.39, 0.29) is 22.8 Å². The van der Waals surface area contributed by atoms with E-state index >= 15 is 0 Å². The van der Waals surface area contributed by atoms with Crippen LogP contribution in [0.1, 0.15) is 83.1 Å². The Hall–Kier alpha value is 0.274. The predicted octanol–water partition coefficient (Wildman–Crippen LogP) is 6.83. The molecule has 0 aliphatic carbocycles. The molecule has 0 aromatic carbocycles. The zero-order chi connectivity index (χ0) is 24.9. The first-order valence-corrected chi connectivity index (χ1v) is 17.5. The van der Waals surface area contributed by atoms with Crippen molar-refractivity contribution in [3.8, 4) is 0 Å². The lowest BCUT2D eigenvalue weighted by atomic mass is 9.85. The Morgan fingerprint density at radius 3 is 1.26 bits per heavy atom. The van der Waals surface area contributed by atoms with Crippen molar-refractivity contribution in [1.29, 1.82) is 0 Å². The maximum absolute atomic E-state index is 11.0. The van der Waals surface area contributed by atoms with E-state index in [1.165, 1.54) is 0 Å². The fourth-order valence-corrected chi connectivity index (χ4v) is 11.4. The SMILES string of the molecule is CC(C)[Si](OC[C@@H](C)[C@@H](O)[C@@H](C)[C@@H](O)[C@H](C)CO[Si](C)(C)C(C)(C)C)(C(C)C)C(C)C. The molecule has 6 heteroatoms. The summed E-state index contributed by atoms with van der Waals surface area (Å²) in [6, 6.07) is 0. The highest BCUT2D eigenvalue weighted by atomic mass is 28.4. The van der Waals surface area contributed by atoms with Crippen LogP contribution in [0.15, 0.2) is 0 Å². The number of hydrogen-bond donors (Lipinski definition) is 2. The highest BCUT2D eigenvalue weighted by Crippen LogP contribution is 2.43. The minimum absolute atomic E-state index is 0.0256. The molecule has 0 aromatic rings. The molecule has 5 atom stereocenters. The van der Waals surface area contributed by atoms with Crippen LogP contribution >= 0.6 is 0 Å². The minimum Gasteiger partial charge on any atom is -0.416 e. The molecule has 0 aliphatic rings. The molecule has 0 spiro atoms. The highest BCUT2D eigenvalue weighted by molar-refractivity contribution is 6.77. The molecule has 0 heterocycles. The van der Waals surface area contributed by atoms with Crippen LogP contribution in [-0.2, 0) is 8.85 Å². The van der Waals surface area contributed by atoms with Crippen LogP contribution in [-0.4, -0.2) is 52.3 Å². The molecule has 188 valence electrons. The third kappa shape index (κ3) is 7.92. The lowest BCUT2D eigenvalue weighted by Crippen LogP contribution is -2.50. The number of aliphatic hydroxyl groups excluding tert-OH is 2. The summed E-state index contributed by atoms with van der Waals surface area (Å²) < 4.78 is 13.0. The highest BCUT2D eigenvalue weighted by Gasteiger charge is 2.45. The molecule has 2 N–H and O–H groups in total. The van der Waals surface area contributed by atoms with Crippen LogP contribution in [0.4, 0.5) is 0 Å². The number of aliphatic hydroxyl groups is 2. The lowest BCUT2D eigenvalue weighted by Gasteiger charge is -2.43. The van der Waals surface area contributed by atoms with Gasteiger partial charge in [-0.1, -0.05) is 83.1 Å². The second-order valence-electron chi connectivity index (χ2n) is 12.5. The third-order valence-electron chi connectivity index (χ3n) is 8.06. The van der Waals surface area contributed by atoms with E-state index in [0.29, 0.717) is 29.8 Å². The van der Waals surface area contributed by atoms with Crippen molar-refractivity contribution >= 4 is 16.6 Å². The Bertz CT molecular complexity index is 492. The molecule has 0 radical (unpaired) electrons. The summed E-state index contributed by atoms with van der Waals surface area (Å²) in [6.45, 7) is 31.9. The third-order valence-corrected chi connectivity index (χ3v) is 18.6. The van der Waals surface area contributed by atoms with Gasteiger partial charge in [-0.15, -0.1) is 0 Å². The lowest BCUT2D eigenvalue weighted by molar-refractivity contribution is -0.0447. The molecule has 0 unspecified atom stereocenters. The van der Waals surface area contributed by atoms with Gasteiger partial charge in [0.2, 0.25) is 0 Å². The maximum atomic E-state index is 11.0. The molecule has 0 aromatic heterocycles. The quantitative estimate of drug-likeness (QED) is 0.286. The smallest absolute Gasteiger partial charge is 0.200 e. The molecular formula is C25H56O4Si2. The Balaban J connectivity index is 5.06. The van der Waals surface area contributed by atoms with E-state index < -0.39 is 28.8 Å². The summed E-state index contributed by atoms with van der Waals surface area (Å²) >= 11 is 0. The zero-order valence-corrected chi connectivity index (χ0v) is 25.2. The van der Waals surface area contributed by atoms with E-state index in [4.69, 9.17) is 8.85 Å². The van der Waals surface area contributed by atoms with Gasteiger partial charge in [0.1, 0.15) is 0 Å². The van der Waals surface area contributed by atoms with Gasteiger partial charge < -0.3 is 19.1 Å². The van der Waals surface area contributed by atoms with Crippen molar-refractivity contribution in [2.75, 3.05) is 13.2 Å². The first-order valence-electron chi connectivity index (χ1n) is 12.5. The molecule has 0 amide bonds. The molecule has 0 saturated heterocycles. The Morgan fingerprint density at radius 1 is 0.645 bits per heavy atom. The topological polar surface area (TPSA) is 58.9 Å². The van der Waals surface area contributed by atoms with Crippen molar-refractivity contribution in [2.45, 2.75) is 130 Å². The summed E-state index contributed by atoms with van der Waals surface area (Å²) in [5.74, 6) is -0.284. The number of rotatable bonds is 13. The molecule has 0 saturated carbocycles. The largest absolute Gasteiger partial charge is 0.416 e. The van der Waals surface area contributed by atoms with Gasteiger partial charge >= 0.3 is 0 Å². The van der Waals surface area contributed by atoms with Gasteiger partial charge in [-0.3, -0.25) is 0 Å². The van der Waals surface area contributed by atoms with E-state index in [1.54, 1.807) is 0 Å². The van der Waals surface area contributed by atoms with Gasteiger partial charge in [-0.25, -0.2) is 0 Å². The summed E-state index contributed by atoms with van der Waals surface area (Å²) in [5, 5.41) is 22.1. The first kappa shape index (κ1) is 31.3. The minimum atomic E-state index is -1.96. The van der Waals surface area contributed by atoms with Gasteiger partial charge in [-0.05, 0) is 34.8 Å². The van der Waals surface area contributed by atoms with Gasteiger partial charge in [0.25, 0.3) is 0 Å². The van der Waals surface area contributed by atoms with Crippen LogP contribution in [0.5, 0.6) is 0 Å². The fourth-order valence-electron chi connectivity index (χ4n) is 4.77. The average Bonchev–Trinajstić information content (AvgIpc) is 2.62. The van der Waals surface area contributed by atoms with Crippen molar-refractivity contribution < 1.29 is 19.1 Å². The first-order chi connectivity index (χ1) is 13.8. The summed E-state index contributed by atoms with van der Waals surface area (Å²) in [6.07, 6.45) is -1.21. The van der Waals surface area contributed by atoms with Crippen LogP contribution in [0, 0.1) is 17.8 Å². The molecule has 4 nitrogen and oxygen atoms in total. The van der Waals surface area contributed by atoms with Crippen molar-refractivity contribution in [1.82, 2.24) is 0 Å². The van der Waals surface area contributed by atoms with Crippen molar-refractivity contribution in [2.24, 2.45) is 17.8 Å². The second-order valence-corrected chi connectivity index (χ2v) is 22.8. The molecule has 0 fully saturated rings. The maximum Gasteiger partial charge on any atom is 0.200 e. The van der Waals surface area contributed by atoms with Crippen LogP contribution in [0.3, 0.4) is 0 Å². The Labute approximate surface area is 196 Å². The molecule has 0 aliphatic heterocycles. The van der Waals surface area contributed by atoms with E-state index in [0.717, 1.165) is 0 Å². The molecule has 0 bridgehead atoms. The van der Waals surface area contributed by atoms with Crippen LogP contribution < -0.4 is 0 Å². The van der Waals surface area contributed by atoms with Gasteiger partial charge in [0, 0.05) is 31.0 Å². The summed E-state index contributed by atoms with van der Waals surface area (Å²) in [7, 11) is -3.81. The Morgan fingerprint density at radius 2 is 0.968 bits per heavy atom. The standard InChI is InChI=1S/C25H56O4Si2/c1-17(2)31(18(3)4,19(5)6)29-16-21(8)24(27)22(9)23(26)20(7)15-28-30(13,14)25(10,11)12/h17-24,26-27H,15-16H2,1-14H3/t20-,21-,22+,23+,24-/m1/s1. The van der Waals surface area contributed by atoms with Crippen molar-refractivity contribution in [3.05, 3.63) is 0 Å². The van der Waals surface area contributed by atoms with Gasteiger partial charge in [0.15, 0.2) is 16.6 Å². The summed E-state index contributed by atoms with van der Waals surface area (Å²) in [5.41, 5.74) is 1.56. The van der Waals surface area contributed by atoms with Crippen LogP contribution in [0.2, 0.25) is 34.8 Å². The summed E-state index contributed by atoms with van der Waals surface area (Å²) in [4.78, 5) is 0. The molecular weight excluding hydrogens is 420 g/mol. The monoisotopic (exact) mass is 476 g/mol. The number of hydrogen-bond acceptors (Lipinski definition) is 4.